The van der Waals surface area contributed by atoms with Crippen molar-refractivity contribution in [2.45, 2.75) is 46.5 Å². The van der Waals surface area contributed by atoms with Gasteiger partial charge < -0.3 is 9.64 Å². The molecule has 1 amide bonds. The summed E-state index contributed by atoms with van der Waals surface area (Å²) in [5.74, 6) is -0.314. The highest BCUT2D eigenvalue weighted by Crippen LogP contribution is 2.30. The van der Waals surface area contributed by atoms with Gasteiger partial charge in [-0.15, -0.1) is 11.3 Å². The Kier molecular flexibility index (Phi) is 7.28. The fraction of sp³-hybridized carbons (Fsp3) is 0.611. The van der Waals surface area contributed by atoms with Crippen molar-refractivity contribution in [1.29, 1.82) is 0 Å². The van der Waals surface area contributed by atoms with Crippen molar-refractivity contribution < 1.29 is 22.7 Å². The molecule has 7 nitrogen and oxygen atoms in total. The second kappa shape index (κ2) is 9.12. The fourth-order valence-corrected chi connectivity index (χ4v) is 4.36. The second-order valence-corrected chi connectivity index (χ2v) is 7.46. The zero-order chi connectivity index (χ0) is 21.9. The molecule has 0 aromatic carbocycles. The van der Waals surface area contributed by atoms with Crippen molar-refractivity contribution in [3.8, 4) is 0 Å². The fourth-order valence-electron chi connectivity index (χ4n) is 3.07. The van der Waals surface area contributed by atoms with Crippen LogP contribution in [0.3, 0.4) is 0 Å². The lowest BCUT2D eigenvalue weighted by molar-refractivity contribution is -0.136. The number of aromatic nitrogens is 2. The first-order valence-electron chi connectivity index (χ1n) is 9.19. The smallest absolute Gasteiger partial charge is 0.383 e. The van der Waals surface area contributed by atoms with Crippen molar-refractivity contribution in [1.82, 2.24) is 14.0 Å². The molecular formula is C18H24F3N3O4S. The van der Waals surface area contributed by atoms with Crippen LogP contribution in [0.2, 0.25) is 0 Å². The first-order valence-corrected chi connectivity index (χ1v) is 10.0. The lowest BCUT2D eigenvalue weighted by Gasteiger charge is -2.17. The number of hydrogen-bond donors (Lipinski definition) is 0. The van der Waals surface area contributed by atoms with Gasteiger partial charge in [-0.05, 0) is 26.3 Å². The normalized spacial score (nSPS) is 12.0. The summed E-state index contributed by atoms with van der Waals surface area (Å²) >= 11 is 0.889. The Balaban J connectivity index is 2.77. The van der Waals surface area contributed by atoms with Crippen LogP contribution in [0, 0.1) is 6.92 Å². The molecule has 0 saturated heterocycles. The van der Waals surface area contributed by atoms with E-state index in [1.165, 1.54) is 7.11 Å². The number of ether oxygens (including phenoxy) is 1. The molecule has 2 aromatic rings. The molecule has 0 spiro atoms. The number of fused-ring (bicyclic) bond motifs is 1. The monoisotopic (exact) mass is 435 g/mol. The van der Waals surface area contributed by atoms with Crippen LogP contribution in [0.15, 0.2) is 9.59 Å². The van der Waals surface area contributed by atoms with Gasteiger partial charge >= 0.3 is 11.9 Å². The van der Waals surface area contributed by atoms with Gasteiger partial charge in [0.15, 0.2) is 0 Å². The third kappa shape index (κ3) is 4.72. The summed E-state index contributed by atoms with van der Waals surface area (Å²) in [5.41, 5.74) is -1.09. The van der Waals surface area contributed by atoms with E-state index < -0.39 is 30.4 Å². The van der Waals surface area contributed by atoms with E-state index in [-0.39, 0.29) is 34.2 Å². The number of thiophene rings is 1. The Bertz CT molecular complexity index is 1000. The van der Waals surface area contributed by atoms with E-state index >= 15 is 0 Å². The predicted molar refractivity (Wildman–Crippen MR) is 105 cm³/mol. The quantitative estimate of drug-likeness (QED) is 0.639. The van der Waals surface area contributed by atoms with Crippen LogP contribution < -0.4 is 11.2 Å². The molecule has 0 saturated carbocycles. The van der Waals surface area contributed by atoms with Crippen molar-refractivity contribution >= 4 is 27.5 Å². The van der Waals surface area contributed by atoms with E-state index in [0.717, 1.165) is 20.5 Å². The third-order valence-electron chi connectivity index (χ3n) is 4.68. The summed E-state index contributed by atoms with van der Waals surface area (Å²) in [6.45, 7) is 5.41. The zero-order valence-electron chi connectivity index (χ0n) is 16.8. The highest BCUT2D eigenvalue weighted by molar-refractivity contribution is 7.20. The molecule has 11 heteroatoms. The molecule has 0 aliphatic carbocycles. The Morgan fingerprint density at radius 2 is 1.76 bits per heavy atom. The molecule has 0 aliphatic rings. The molecule has 0 fully saturated rings. The number of methoxy groups -OCH3 is 1. The van der Waals surface area contributed by atoms with Gasteiger partial charge in [0.05, 0.1) is 29.8 Å². The van der Waals surface area contributed by atoms with E-state index in [4.69, 9.17) is 4.74 Å². The van der Waals surface area contributed by atoms with Crippen molar-refractivity contribution in [3.63, 3.8) is 0 Å². The number of halogens is 3. The number of hydrogen-bond acceptors (Lipinski definition) is 5. The highest BCUT2D eigenvalue weighted by atomic mass is 32.1. The van der Waals surface area contributed by atoms with E-state index in [0.29, 0.717) is 18.7 Å². The maximum atomic E-state index is 12.9. The maximum Gasteiger partial charge on any atom is 0.390 e. The second-order valence-electron chi connectivity index (χ2n) is 6.46. The molecule has 2 aromatic heterocycles. The number of rotatable bonds is 8. The Labute approximate surface area is 169 Å². The highest BCUT2D eigenvalue weighted by Gasteiger charge is 2.29. The molecule has 2 heterocycles. The number of carbonyl (C=O) groups is 1. The van der Waals surface area contributed by atoms with Gasteiger partial charge in [-0.25, -0.2) is 4.79 Å². The molecular weight excluding hydrogens is 411 g/mol. The van der Waals surface area contributed by atoms with E-state index in [1.807, 2.05) is 0 Å². The minimum Gasteiger partial charge on any atom is -0.383 e. The van der Waals surface area contributed by atoms with Gasteiger partial charge in [0.2, 0.25) is 0 Å². The zero-order valence-corrected chi connectivity index (χ0v) is 17.6. The average Bonchev–Trinajstić information content (AvgIpc) is 2.98. The number of amides is 1. The summed E-state index contributed by atoms with van der Waals surface area (Å²) in [5, 5.41) is 0.100. The van der Waals surface area contributed by atoms with Crippen molar-refractivity contribution in [3.05, 3.63) is 31.3 Å². The van der Waals surface area contributed by atoms with Gasteiger partial charge in [-0.1, -0.05) is 0 Å². The number of alkyl halides is 3. The molecule has 29 heavy (non-hydrogen) atoms. The molecule has 0 N–H and O–H groups in total. The summed E-state index contributed by atoms with van der Waals surface area (Å²) in [7, 11) is 1.39. The lowest BCUT2D eigenvalue weighted by Crippen LogP contribution is -2.41. The topological polar surface area (TPSA) is 73.5 Å². The molecule has 0 aliphatic heterocycles. The molecule has 0 atom stereocenters. The van der Waals surface area contributed by atoms with Crippen LogP contribution in [0.1, 0.15) is 35.5 Å². The van der Waals surface area contributed by atoms with Crippen molar-refractivity contribution in [2.75, 3.05) is 26.8 Å². The Morgan fingerprint density at radius 1 is 1.14 bits per heavy atom. The third-order valence-corrected chi connectivity index (χ3v) is 5.98. The van der Waals surface area contributed by atoms with Crippen LogP contribution in [-0.4, -0.2) is 52.9 Å². The summed E-state index contributed by atoms with van der Waals surface area (Å²) < 4.78 is 45.1. The first-order chi connectivity index (χ1) is 13.6. The Hall–Kier alpha value is -2.14. The van der Waals surface area contributed by atoms with E-state index in [2.05, 4.69) is 0 Å². The largest absolute Gasteiger partial charge is 0.390 e. The number of aryl methyl sites for hydroxylation is 2. The van der Waals surface area contributed by atoms with Gasteiger partial charge in [0.25, 0.3) is 11.5 Å². The van der Waals surface area contributed by atoms with E-state index in [1.54, 1.807) is 25.7 Å². The summed E-state index contributed by atoms with van der Waals surface area (Å²) in [4.78, 5) is 40.4. The first kappa shape index (κ1) is 23.1. The average molecular weight is 435 g/mol. The number of nitrogens with zero attached hydrogens (tertiary/aromatic N) is 3. The van der Waals surface area contributed by atoms with Crippen LogP contribution in [0.25, 0.3) is 10.2 Å². The predicted octanol–water partition coefficient (Wildman–Crippen LogP) is 2.61. The minimum absolute atomic E-state index is 0.0499. The van der Waals surface area contributed by atoms with Crippen molar-refractivity contribution in [2.24, 2.45) is 0 Å². The molecule has 0 bridgehead atoms. The van der Waals surface area contributed by atoms with Crippen LogP contribution in [-0.2, 0) is 17.8 Å². The van der Waals surface area contributed by atoms with Gasteiger partial charge in [-0.2, -0.15) is 13.2 Å². The van der Waals surface area contributed by atoms with Gasteiger partial charge in [-0.3, -0.25) is 18.7 Å². The minimum atomic E-state index is -4.47. The van der Waals surface area contributed by atoms with E-state index in [9.17, 15) is 27.6 Å². The summed E-state index contributed by atoms with van der Waals surface area (Å²) in [6, 6.07) is 0. The lowest BCUT2D eigenvalue weighted by atomic mass is 10.2. The molecule has 0 radical (unpaired) electrons. The molecule has 162 valence electrons. The standard InChI is InChI=1S/C18H24F3N3O4S/c1-5-22(6-2)15(26)13-11(3)12-14(25)23(9-10-28-4)17(27)24(16(12)29-13)8-7-18(19,20)21/h5-10H2,1-4H3. The van der Waals surface area contributed by atoms with Crippen LogP contribution in [0.4, 0.5) is 13.2 Å². The molecule has 2 rings (SSSR count). The van der Waals surface area contributed by atoms with Crippen LogP contribution in [0.5, 0.6) is 0 Å². The number of carbonyl (C=O) groups excluding carboxylic acids is 1. The van der Waals surface area contributed by atoms with Gasteiger partial charge in [0, 0.05) is 26.7 Å². The SMILES string of the molecule is CCN(CC)C(=O)c1sc2c(c1C)c(=O)n(CCOC)c(=O)n2CCC(F)(F)F. The molecule has 0 unspecified atom stereocenters. The maximum absolute atomic E-state index is 12.9. The Morgan fingerprint density at radius 3 is 2.28 bits per heavy atom. The van der Waals surface area contributed by atoms with Gasteiger partial charge in [0.1, 0.15) is 4.83 Å². The van der Waals surface area contributed by atoms with Crippen LogP contribution >= 0.6 is 11.3 Å². The summed E-state index contributed by atoms with van der Waals surface area (Å²) in [6.07, 6.45) is -5.69.